The van der Waals surface area contributed by atoms with Gasteiger partial charge in [-0.15, -0.1) is 0 Å². The Balaban J connectivity index is 1.57. The molecule has 1 unspecified atom stereocenters. The van der Waals surface area contributed by atoms with Crippen LogP contribution in [0.4, 0.5) is 0 Å². The second-order valence-electron chi connectivity index (χ2n) is 6.89. The van der Waals surface area contributed by atoms with E-state index in [1.54, 1.807) is 24.3 Å². The van der Waals surface area contributed by atoms with Gasteiger partial charge in [-0.2, -0.15) is 0 Å². The zero-order valence-electron chi connectivity index (χ0n) is 15.1. The third-order valence-electron chi connectivity index (χ3n) is 4.92. The number of aliphatic carboxylic acids is 1. The van der Waals surface area contributed by atoms with Crippen LogP contribution in [0.1, 0.15) is 58.8 Å². The van der Waals surface area contributed by atoms with Crippen molar-refractivity contribution in [2.75, 3.05) is 0 Å². The summed E-state index contributed by atoms with van der Waals surface area (Å²) in [5.41, 5.74) is 3.92. The fourth-order valence-electron chi connectivity index (χ4n) is 3.50. The lowest BCUT2D eigenvalue weighted by Crippen LogP contribution is -2.30. The van der Waals surface area contributed by atoms with E-state index in [1.165, 1.54) is 11.1 Å². The summed E-state index contributed by atoms with van der Waals surface area (Å²) in [4.78, 5) is 35.8. The van der Waals surface area contributed by atoms with Crippen LogP contribution in [0.3, 0.4) is 0 Å². The van der Waals surface area contributed by atoms with Crippen LogP contribution in [-0.4, -0.2) is 22.8 Å². The van der Waals surface area contributed by atoms with Gasteiger partial charge >= 0.3 is 5.97 Å². The Bertz CT molecular complexity index is 845. The van der Waals surface area contributed by atoms with Crippen molar-refractivity contribution in [1.29, 1.82) is 0 Å². The van der Waals surface area contributed by atoms with Gasteiger partial charge in [-0.1, -0.05) is 42.5 Å². The van der Waals surface area contributed by atoms with Crippen LogP contribution in [0.2, 0.25) is 0 Å². The van der Waals surface area contributed by atoms with Crippen LogP contribution >= 0.6 is 0 Å². The lowest BCUT2D eigenvalue weighted by Gasteiger charge is -2.17. The lowest BCUT2D eigenvalue weighted by molar-refractivity contribution is -0.137. The maximum Gasteiger partial charge on any atom is 0.305 e. The molecule has 2 aromatic carbocycles. The first-order valence-electron chi connectivity index (χ1n) is 9.24. The molecule has 2 N–H and O–H groups in total. The Hall–Kier alpha value is -2.95. The third kappa shape index (κ3) is 5.03. The molecule has 140 valence electrons. The molecule has 1 amide bonds. The zero-order valence-corrected chi connectivity index (χ0v) is 15.1. The van der Waals surface area contributed by atoms with E-state index in [9.17, 15) is 14.4 Å². The number of rotatable bonds is 8. The van der Waals surface area contributed by atoms with Gasteiger partial charge in [0.05, 0.1) is 12.5 Å². The van der Waals surface area contributed by atoms with Crippen molar-refractivity contribution in [1.82, 2.24) is 5.32 Å². The normalized spacial score (nSPS) is 13.6. The van der Waals surface area contributed by atoms with Gasteiger partial charge in [-0.25, -0.2) is 0 Å². The standard InChI is InChI=1S/C22H23NO4/c24-20(18-10-9-15-7-4-8-17(15)13-18)11-12-21(25)23-19(14-22(26)27)16-5-2-1-3-6-16/h1-3,5-6,9-10,13,19H,4,7-8,11-12,14H2,(H,23,25)(H,26,27). The molecule has 5 nitrogen and oxygen atoms in total. The smallest absolute Gasteiger partial charge is 0.305 e. The molecule has 3 rings (SSSR count). The van der Waals surface area contributed by atoms with Crippen LogP contribution < -0.4 is 5.32 Å². The maximum atomic E-state index is 12.4. The van der Waals surface area contributed by atoms with Crippen LogP contribution in [0.5, 0.6) is 0 Å². The van der Waals surface area contributed by atoms with Crippen molar-refractivity contribution >= 4 is 17.7 Å². The lowest BCUT2D eigenvalue weighted by atomic mass is 10.0. The van der Waals surface area contributed by atoms with Gasteiger partial charge in [0.1, 0.15) is 0 Å². The van der Waals surface area contributed by atoms with Gasteiger partial charge in [0.25, 0.3) is 0 Å². The number of nitrogens with one attached hydrogen (secondary N) is 1. The highest BCUT2D eigenvalue weighted by molar-refractivity contribution is 5.98. The third-order valence-corrected chi connectivity index (χ3v) is 4.92. The molecule has 0 spiro atoms. The fraction of sp³-hybridized carbons (Fsp3) is 0.318. The summed E-state index contributed by atoms with van der Waals surface area (Å²) in [7, 11) is 0. The highest BCUT2D eigenvalue weighted by Gasteiger charge is 2.19. The Morgan fingerprint density at radius 3 is 2.44 bits per heavy atom. The number of carboxylic acids is 1. The number of benzene rings is 2. The van der Waals surface area contributed by atoms with Gasteiger partial charge in [0.15, 0.2) is 5.78 Å². The van der Waals surface area contributed by atoms with Crippen LogP contribution in [0.15, 0.2) is 48.5 Å². The van der Waals surface area contributed by atoms with Crippen LogP contribution in [0, 0.1) is 0 Å². The Labute approximate surface area is 158 Å². The number of hydrogen-bond donors (Lipinski definition) is 2. The number of ketones is 1. The van der Waals surface area contributed by atoms with E-state index >= 15 is 0 Å². The minimum Gasteiger partial charge on any atom is -0.481 e. The van der Waals surface area contributed by atoms with E-state index < -0.39 is 12.0 Å². The number of aryl methyl sites for hydroxylation is 2. The molecule has 0 fully saturated rings. The number of carboxylic acid groups (broad SMARTS) is 1. The quantitative estimate of drug-likeness (QED) is 0.702. The molecular formula is C22H23NO4. The minimum absolute atomic E-state index is 0.0405. The molecule has 1 aliphatic carbocycles. The fourth-order valence-corrected chi connectivity index (χ4v) is 3.50. The number of Topliss-reactive ketones (excluding diaryl/α,β-unsaturated/α-hetero) is 1. The van der Waals surface area contributed by atoms with Crippen molar-refractivity contribution in [2.45, 2.75) is 44.6 Å². The number of carbonyl (C=O) groups is 3. The summed E-state index contributed by atoms with van der Waals surface area (Å²) >= 11 is 0. The van der Waals surface area contributed by atoms with Crippen LogP contribution in [0.25, 0.3) is 0 Å². The summed E-state index contributed by atoms with van der Waals surface area (Å²) < 4.78 is 0. The van der Waals surface area contributed by atoms with E-state index in [4.69, 9.17) is 5.11 Å². The monoisotopic (exact) mass is 365 g/mol. The van der Waals surface area contributed by atoms with Gasteiger partial charge in [0.2, 0.25) is 5.91 Å². The molecule has 1 atom stereocenters. The summed E-state index contributed by atoms with van der Waals surface area (Å²) in [6.45, 7) is 0. The van der Waals surface area contributed by atoms with Crippen molar-refractivity contribution < 1.29 is 19.5 Å². The minimum atomic E-state index is -0.988. The molecule has 2 aromatic rings. The molecule has 0 bridgehead atoms. The Kier molecular flexibility index (Phi) is 6.01. The molecular weight excluding hydrogens is 342 g/mol. The van der Waals surface area contributed by atoms with E-state index in [0.29, 0.717) is 5.56 Å². The average Bonchev–Trinajstić information content (AvgIpc) is 3.13. The van der Waals surface area contributed by atoms with E-state index in [1.807, 2.05) is 24.3 Å². The summed E-state index contributed by atoms with van der Waals surface area (Å²) in [5.74, 6) is -1.37. The summed E-state index contributed by atoms with van der Waals surface area (Å²) in [5, 5.41) is 11.8. The number of carbonyl (C=O) groups excluding carboxylic acids is 2. The summed E-state index contributed by atoms with van der Waals surface area (Å²) in [6.07, 6.45) is 3.15. The summed E-state index contributed by atoms with van der Waals surface area (Å²) in [6, 6.07) is 14.2. The zero-order chi connectivity index (χ0) is 19.2. The van der Waals surface area contributed by atoms with Gasteiger partial charge in [-0.05, 0) is 42.0 Å². The first kappa shape index (κ1) is 18.8. The first-order valence-corrected chi connectivity index (χ1v) is 9.24. The molecule has 5 heteroatoms. The Morgan fingerprint density at radius 1 is 0.963 bits per heavy atom. The topological polar surface area (TPSA) is 83.5 Å². The molecule has 1 aliphatic rings. The average molecular weight is 365 g/mol. The van der Waals surface area contributed by atoms with Crippen molar-refractivity contribution in [3.05, 3.63) is 70.8 Å². The Morgan fingerprint density at radius 2 is 1.70 bits per heavy atom. The predicted molar refractivity (Wildman–Crippen MR) is 102 cm³/mol. The molecule has 0 aliphatic heterocycles. The first-order chi connectivity index (χ1) is 13.0. The second-order valence-corrected chi connectivity index (χ2v) is 6.89. The number of hydrogen-bond acceptors (Lipinski definition) is 3. The molecule has 0 radical (unpaired) electrons. The predicted octanol–water partition coefficient (Wildman–Crippen LogP) is 3.47. The van der Waals surface area contributed by atoms with Crippen molar-refractivity contribution in [3.8, 4) is 0 Å². The molecule has 0 saturated carbocycles. The second kappa shape index (κ2) is 8.62. The van der Waals surface area contributed by atoms with Crippen LogP contribution in [-0.2, 0) is 22.4 Å². The van der Waals surface area contributed by atoms with E-state index in [0.717, 1.165) is 24.8 Å². The van der Waals surface area contributed by atoms with Crippen molar-refractivity contribution in [2.24, 2.45) is 0 Å². The highest BCUT2D eigenvalue weighted by Crippen LogP contribution is 2.23. The molecule has 27 heavy (non-hydrogen) atoms. The number of fused-ring (bicyclic) bond motifs is 1. The van der Waals surface area contributed by atoms with Gasteiger partial charge in [0, 0.05) is 18.4 Å². The molecule has 0 aromatic heterocycles. The number of amides is 1. The largest absolute Gasteiger partial charge is 0.481 e. The maximum absolute atomic E-state index is 12.4. The highest BCUT2D eigenvalue weighted by atomic mass is 16.4. The van der Waals surface area contributed by atoms with E-state index in [-0.39, 0.29) is 31.0 Å². The van der Waals surface area contributed by atoms with Crippen molar-refractivity contribution in [3.63, 3.8) is 0 Å². The van der Waals surface area contributed by atoms with Gasteiger partial charge in [-0.3, -0.25) is 14.4 Å². The van der Waals surface area contributed by atoms with E-state index in [2.05, 4.69) is 5.32 Å². The molecule has 0 heterocycles. The molecule has 0 saturated heterocycles. The SMILES string of the molecule is O=C(O)CC(NC(=O)CCC(=O)c1ccc2c(c1)CCC2)c1ccccc1. The van der Waals surface area contributed by atoms with Gasteiger partial charge < -0.3 is 10.4 Å².